The first-order valence-electron chi connectivity index (χ1n) is 7.18. The van der Waals surface area contributed by atoms with Crippen molar-refractivity contribution in [2.24, 2.45) is 0 Å². The molecule has 1 aliphatic rings. The van der Waals surface area contributed by atoms with E-state index in [4.69, 9.17) is 23.8 Å². The summed E-state index contributed by atoms with van der Waals surface area (Å²) in [5.41, 5.74) is 0.758. The zero-order valence-electron chi connectivity index (χ0n) is 12.5. The molecule has 0 aliphatic carbocycles. The molecule has 1 aliphatic heterocycles. The summed E-state index contributed by atoms with van der Waals surface area (Å²) < 4.78 is 0.596. The lowest BCUT2D eigenvalue weighted by Gasteiger charge is -2.13. The second kappa shape index (κ2) is 8.16. The molecule has 0 atom stereocenters. The molecule has 1 aromatic heterocycles. The van der Waals surface area contributed by atoms with Crippen LogP contribution in [0.4, 0.5) is 0 Å². The summed E-state index contributed by atoms with van der Waals surface area (Å²) in [6.45, 7) is 0.581. The number of amides is 1. The fourth-order valence-electron chi connectivity index (χ4n) is 2.07. The standard InChI is InChI=1S/C17H13ClN2OS3/c18-12-4-6-14(7-5-12)23-10-9-20-16(21)15(24-17(20)22)11-13-3-1-2-8-19-13/h1-8,11H,9-10H2/b15-11+. The Labute approximate surface area is 159 Å². The molecule has 3 rings (SSSR count). The van der Waals surface area contributed by atoms with Crippen LogP contribution in [-0.2, 0) is 4.79 Å². The molecule has 0 spiro atoms. The van der Waals surface area contributed by atoms with Crippen LogP contribution in [-0.4, -0.2) is 32.4 Å². The van der Waals surface area contributed by atoms with Gasteiger partial charge in [-0.25, -0.2) is 0 Å². The van der Waals surface area contributed by atoms with Crippen LogP contribution in [0.15, 0.2) is 58.5 Å². The van der Waals surface area contributed by atoms with Crippen LogP contribution in [0, 0.1) is 0 Å². The van der Waals surface area contributed by atoms with Gasteiger partial charge in [0.05, 0.1) is 10.6 Å². The van der Waals surface area contributed by atoms with Crippen LogP contribution in [0.5, 0.6) is 0 Å². The molecule has 0 radical (unpaired) electrons. The predicted molar refractivity (Wildman–Crippen MR) is 106 cm³/mol. The van der Waals surface area contributed by atoms with E-state index in [1.807, 2.05) is 42.5 Å². The van der Waals surface area contributed by atoms with E-state index in [1.54, 1.807) is 28.9 Å². The smallest absolute Gasteiger partial charge is 0.266 e. The van der Waals surface area contributed by atoms with Crippen molar-refractivity contribution in [3.8, 4) is 0 Å². The van der Waals surface area contributed by atoms with Gasteiger partial charge in [0.25, 0.3) is 5.91 Å². The average Bonchev–Trinajstić information content (AvgIpc) is 2.85. The Hall–Kier alpha value is -1.34. The number of hydrogen-bond donors (Lipinski definition) is 0. The van der Waals surface area contributed by atoms with Crippen molar-refractivity contribution in [1.82, 2.24) is 9.88 Å². The predicted octanol–water partition coefficient (Wildman–Crippen LogP) is 4.73. The number of pyridine rings is 1. The Morgan fingerprint density at radius 1 is 1.25 bits per heavy atom. The van der Waals surface area contributed by atoms with Crippen molar-refractivity contribution in [2.75, 3.05) is 12.3 Å². The molecule has 0 bridgehead atoms. The molecule has 0 saturated carbocycles. The zero-order valence-corrected chi connectivity index (χ0v) is 15.7. The lowest BCUT2D eigenvalue weighted by atomic mass is 10.3. The summed E-state index contributed by atoms with van der Waals surface area (Å²) in [4.78, 5) is 20.1. The number of carbonyl (C=O) groups excluding carboxylic acids is 1. The molecule has 1 aromatic carbocycles. The highest BCUT2D eigenvalue weighted by Crippen LogP contribution is 2.32. The van der Waals surface area contributed by atoms with Crippen LogP contribution in [0.3, 0.4) is 0 Å². The number of thiocarbonyl (C=S) groups is 1. The van der Waals surface area contributed by atoms with E-state index in [0.717, 1.165) is 21.4 Å². The third kappa shape index (κ3) is 4.39. The molecule has 3 nitrogen and oxygen atoms in total. The molecule has 24 heavy (non-hydrogen) atoms. The van der Waals surface area contributed by atoms with Gasteiger partial charge in [-0.15, -0.1) is 11.8 Å². The maximum Gasteiger partial charge on any atom is 0.266 e. The van der Waals surface area contributed by atoms with Crippen molar-refractivity contribution < 1.29 is 4.79 Å². The number of benzene rings is 1. The van der Waals surface area contributed by atoms with Crippen LogP contribution >= 0.6 is 47.3 Å². The van der Waals surface area contributed by atoms with E-state index in [0.29, 0.717) is 15.8 Å². The van der Waals surface area contributed by atoms with Crippen molar-refractivity contribution in [2.45, 2.75) is 4.90 Å². The number of carbonyl (C=O) groups is 1. The molecule has 2 aromatic rings. The second-order valence-electron chi connectivity index (χ2n) is 4.89. The number of nitrogens with zero attached hydrogens (tertiary/aromatic N) is 2. The zero-order chi connectivity index (χ0) is 16.9. The number of rotatable bonds is 5. The van der Waals surface area contributed by atoms with Gasteiger partial charge < -0.3 is 0 Å². The normalized spacial score (nSPS) is 16.2. The monoisotopic (exact) mass is 392 g/mol. The molecule has 0 N–H and O–H groups in total. The molecular formula is C17H13ClN2OS3. The van der Waals surface area contributed by atoms with Gasteiger partial charge in [0, 0.05) is 28.4 Å². The summed E-state index contributed by atoms with van der Waals surface area (Å²) in [6, 6.07) is 13.3. The first-order valence-corrected chi connectivity index (χ1v) is 9.77. The lowest BCUT2D eigenvalue weighted by Crippen LogP contribution is -2.30. The van der Waals surface area contributed by atoms with E-state index in [2.05, 4.69) is 4.98 Å². The Bertz CT molecular complexity index is 778. The SMILES string of the molecule is O=C1/C(=C\c2ccccn2)SC(=S)N1CCSc1ccc(Cl)cc1. The quantitative estimate of drug-likeness (QED) is 0.417. The molecule has 1 fully saturated rings. The minimum absolute atomic E-state index is 0.0487. The van der Waals surface area contributed by atoms with Gasteiger partial charge in [-0.1, -0.05) is 41.6 Å². The van der Waals surface area contributed by atoms with Gasteiger partial charge in [0.1, 0.15) is 4.32 Å². The Morgan fingerprint density at radius 3 is 2.75 bits per heavy atom. The van der Waals surface area contributed by atoms with E-state index in [9.17, 15) is 4.79 Å². The Morgan fingerprint density at radius 2 is 2.04 bits per heavy atom. The minimum atomic E-state index is -0.0487. The Kier molecular flexibility index (Phi) is 5.94. The molecule has 1 saturated heterocycles. The highest BCUT2D eigenvalue weighted by molar-refractivity contribution is 8.26. The average molecular weight is 393 g/mol. The topological polar surface area (TPSA) is 33.2 Å². The Balaban J connectivity index is 1.60. The van der Waals surface area contributed by atoms with Gasteiger partial charge in [-0.2, -0.15) is 0 Å². The van der Waals surface area contributed by atoms with Gasteiger partial charge >= 0.3 is 0 Å². The molecule has 7 heteroatoms. The van der Waals surface area contributed by atoms with Crippen molar-refractivity contribution in [3.63, 3.8) is 0 Å². The van der Waals surface area contributed by atoms with Crippen LogP contribution in [0.25, 0.3) is 6.08 Å². The maximum absolute atomic E-state index is 12.5. The fourth-order valence-corrected chi connectivity index (χ4v) is 4.33. The minimum Gasteiger partial charge on any atom is -0.292 e. The highest BCUT2D eigenvalue weighted by atomic mass is 35.5. The first-order chi connectivity index (χ1) is 11.6. The molecular weight excluding hydrogens is 380 g/mol. The summed E-state index contributed by atoms with van der Waals surface area (Å²) in [7, 11) is 0. The van der Waals surface area contributed by atoms with Crippen LogP contribution in [0.2, 0.25) is 5.02 Å². The van der Waals surface area contributed by atoms with Crippen molar-refractivity contribution in [1.29, 1.82) is 0 Å². The first kappa shape index (κ1) is 17.5. The van der Waals surface area contributed by atoms with E-state index < -0.39 is 0 Å². The van der Waals surface area contributed by atoms with Gasteiger partial charge in [-0.3, -0.25) is 14.7 Å². The van der Waals surface area contributed by atoms with Gasteiger partial charge in [-0.05, 0) is 42.5 Å². The largest absolute Gasteiger partial charge is 0.292 e. The lowest BCUT2D eigenvalue weighted by molar-refractivity contribution is -0.121. The van der Waals surface area contributed by atoms with E-state index in [-0.39, 0.29) is 5.91 Å². The van der Waals surface area contributed by atoms with Crippen molar-refractivity contribution >= 4 is 63.6 Å². The third-order valence-corrected chi connectivity index (χ3v) is 5.86. The maximum atomic E-state index is 12.5. The van der Waals surface area contributed by atoms with Gasteiger partial charge in [0.2, 0.25) is 0 Å². The molecule has 2 heterocycles. The highest BCUT2D eigenvalue weighted by Gasteiger charge is 2.31. The number of halogens is 1. The number of thioether (sulfide) groups is 2. The fraction of sp³-hybridized carbons (Fsp3) is 0.118. The summed E-state index contributed by atoms with van der Waals surface area (Å²) >= 11 is 14.2. The third-order valence-electron chi connectivity index (χ3n) is 3.24. The second-order valence-corrected chi connectivity index (χ2v) is 8.17. The number of hydrogen-bond acceptors (Lipinski definition) is 5. The molecule has 122 valence electrons. The van der Waals surface area contributed by atoms with Crippen LogP contribution in [0.1, 0.15) is 5.69 Å². The number of aromatic nitrogens is 1. The summed E-state index contributed by atoms with van der Waals surface area (Å²) in [5, 5.41) is 0.718. The summed E-state index contributed by atoms with van der Waals surface area (Å²) in [5.74, 6) is 0.720. The van der Waals surface area contributed by atoms with E-state index in [1.165, 1.54) is 11.8 Å². The summed E-state index contributed by atoms with van der Waals surface area (Å²) in [6.07, 6.45) is 3.49. The molecule has 0 unspecified atom stereocenters. The van der Waals surface area contributed by atoms with E-state index >= 15 is 0 Å². The van der Waals surface area contributed by atoms with Crippen molar-refractivity contribution in [3.05, 3.63) is 64.3 Å². The molecule has 1 amide bonds. The van der Waals surface area contributed by atoms with Crippen LogP contribution < -0.4 is 0 Å². The van der Waals surface area contributed by atoms with Gasteiger partial charge in [0.15, 0.2) is 0 Å².